The minimum absolute atomic E-state index is 0.0819. The van der Waals surface area contributed by atoms with E-state index in [1.54, 1.807) is 29.2 Å². The van der Waals surface area contributed by atoms with E-state index in [-0.39, 0.29) is 23.5 Å². The van der Waals surface area contributed by atoms with Crippen molar-refractivity contribution in [2.24, 2.45) is 0 Å². The number of carbonyl (C=O) groups excluding carboxylic acids is 1. The Kier molecular flexibility index (Phi) is 5.58. The van der Waals surface area contributed by atoms with Crippen LogP contribution < -0.4 is 13.9 Å². The van der Waals surface area contributed by atoms with Crippen molar-refractivity contribution >= 4 is 27.3 Å². The smallest absolute Gasteiger partial charge is 0.265 e. The van der Waals surface area contributed by atoms with Gasteiger partial charge in [0.15, 0.2) is 6.61 Å². The van der Waals surface area contributed by atoms with Crippen LogP contribution in [0, 0.1) is 0 Å². The molecular formula is C26H26N2O4S. The van der Waals surface area contributed by atoms with Gasteiger partial charge in [-0.15, -0.1) is 0 Å². The van der Waals surface area contributed by atoms with Crippen LogP contribution in [0.2, 0.25) is 0 Å². The highest BCUT2D eigenvalue weighted by Crippen LogP contribution is 2.33. The maximum Gasteiger partial charge on any atom is 0.265 e. The number of benzene rings is 3. The fourth-order valence-corrected chi connectivity index (χ4v) is 6.29. The standard InChI is InChI=1S/C26H26N2O4S/c1-19-17-21-8-3-5-11-25(21)28(19)26(29)18-32-22-12-14-23(15-13-22)33(30,31)27-16-6-9-20-7-2-4-10-24(20)27/h2-5,7-8,10-15,19H,6,9,16-18H2,1H3. The number of sulfonamides is 1. The van der Waals surface area contributed by atoms with E-state index in [9.17, 15) is 13.2 Å². The van der Waals surface area contributed by atoms with E-state index in [1.165, 1.54) is 4.31 Å². The molecule has 5 rings (SSSR count). The topological polar surface area (TPSA) is 66.9 Å². The second-order valence-corrected chi connectivity index (χ2v) is 10.4. The lowest BCUT2D eigenvalue weighted by Gasteiger charge is -2.30. The van der Waals surface area contributed by atoms with Crippen molar-refractivity contribution in [2.75, 3.05) is 22.4 Å². The Balaban J connectivity index is 1.28. The summed E-state index contributed by atoms with van der Waals surface area (Å²) in [5.41, 5.74) is 3.88. The quantitative estimate of drug-likeness (QED) is 0.570. The summed E-state index contributed by atoms with van der Waals surface area (Å²) in [7, 11) is -3.67. The molecule has 0 fully saturated rings. The lowest BCUT2D eigenvalue weighted by molar-refractivity contribution is -0.120. The Labute approximate surface area is 194 Å². The maximum atomic E-state index is 13.3. The van der Waals surface area contributed by atoms with E-state index in [1.807, 2.05) is 55.5 Å². The molecule has 0 aromatic heterocycles. The predicted octanol–water partition coefficient (Wildman–Crippen LogP) is 4.18. The summed E-state index contributed by atoms with van der Waals surface area (Å²) in [6.45, 7) is 2.38. The van der Waals surface area contributed by atoms with Crippen molar-refractivity contribution in [3.8, 4) is 5.75 Å². The van der Waals surface area contributed by atoms with Crippen molar-refractivity contribution in [1.82, 2.24) is 0 Å². The van der Waals surface area contributed by atoms with Gasteiger partial charge in [0.25, 0.3) is 15.9 Å². The number of para-hydroxylation sites is 2. The van der Waals surface area contributed by atoms with Crippen LogP contribution in [0.25, 0.3) is 0 Å². The zero-order valence-electron chi connectivity index (χ0n) is 18.5. The molecule has 0 bridgehead atoms. The molecule has 2 aliphatic rings. The molecule has 1 atom stereocenters. The highest BCUT2D eigenvalue weighted by Gasteiger charge is 2.31. The van der Waals surface area contributed by atoms with Gasteiger partial charge >= 0.3 is 0 Å². The third-order valence-corrected chi connectivity index (χ3v) is 8.15. The molecule has 0 spiro atoms. The number of anilines is 2. The SMILES string of the molecule is CC1Cc2ccccc2N1C(=O)COc1ccc(S(=O)(=O)N2CCCc3ccccc32)cc1. The van der Waals surface area contributed by atoms with Gasteiger partial charge in [0, 0.05) is 18.3 Å². The molecule has 0 aliphatic carbocycles. The first-order valence-electron chi connectivity index (χ1n) is 11.2. The predicted molar refractivity (Wildman–Crippen MR) is 128 cm³/mol. The van der Waals surface area contributed by atoms with Crippen LogP contribution >= 0.6 is 0 Å². The molecule has 7 heteroatoms. The van der Waals surface area contributed by atoms with Crippen LogP contribution in [0.4, 0.5) is 11.4 Å². The van der Waals surface area contributed by atoms with Crippen LogP contribution in [-0.2, 0) is 27.7 Å². The monoisotopic (exact) mass is 462 g/mol. The van der Waals surface area contributed by atoms with E-state index >= 15 is 0 Å². The number of nitrogens with zero attached hydrogens (tertiary/aromatic N) is 2. The molecule has 1 amide bonds. The molecule has 6 nitrogen and oxygen atoms in total. The summed E-state index contributed by atoms with van der Waals surface area (Å²) in [6, 6.07) is 21.9. The molecular weight excluding hydrogens is 436 g/mol. The number of carbonyl (C=O) groups is 1. The van der Waals surface area contributed by atoms with Crippen LogP contribution in [0.15, 0.2) is 77.7 Å². The Morgan fingerprint density at radius 2 is 1.61 bits per heavy atom. The summed E-state index contributed by atoms with van der Waals surface area (Å²) in [6.07, 6.45) is 2.49. The van der Waals surface area contributed by atoms with Gasteiger partial charge in [-0.3, -0.25) is 9.10 Å². The van der Waals surface area contributed by atoms with Crippen LogP contribution in [0.1, 0.15) is 24.5 Å². The van der Waals surface area contributed by atoms with Crippen molar-refractivity contribution in [3.05, 3.63) is 83.9 Å². The number of amides is 1. The molecule has 33 heavy (non-hydrogen) atoms. The molecule has 0 N–H and O–H groups in total. The van der Waals surface area contributed by atoms with E-state index < -0.39 is 10.0 Å². The Hall–Kier alpha value is -3.32. The van der Waals surface area contributed by atoms with Crippen LogP contribution in [0.5, 0.6) is 5.75 Å². The number of fused-ring (bicyclic) bond motifs is 2. The van der Waals surface area contributed by atoms with E-state index in [0.717, 1.165) is 41.8 Å². The maximum absolute atomic E-state index is 13.3. The molecule has 3 aromatic rings. The lowest BCUT2D eigenvalue weighted by atomic mass is 10.0. The minimum atomic E-state index is -3.67. The van der Waals surface area contributed by atoms with E-state index in [0.29, 0.717) is 12.3 Å². The minimum Gasteiger partial charge on any atom is -0.484 e. The van der Waals surface area contributed by atoms with Crippen LogP contribution in [-0.4, -0.2) is 33.5 Å². The molecule has 170 valence electrons. The number of rotatable bonds is 5. The zero-order valence-corrected chi connectivity index (χ0v) is 19.3. The lowest BCUT2D eigenvalue weighted by Crippen LogP contribution is -2.39. The first-order valence-corrected chi connectivity index (χ1v) is 12.6. The molecule has 3 aromatic carbocycles. The molecule has 1 unspecified atom stereocenters. The zero-order chi connectivity index (χ0) is 23.0. The Morgan fingerprint density at radius 3 is 2.36 bits per heavy atom. The number of aryl methyl sites for hydroxylation is 1. The van der Waals surface area contributed by atoms with Gasteiger partial charge in [-0.25, -0.2) is 8.42 Å². The fourth-order valence-electron chi connectivity index (χ4n) is 4.74. The van der Waals surface area contributed by atoms with Gasteiger partial charge in [-0.2, -0.15) is 0 Å². The van der Waals surface area contributed by atoms with E-state index in [4.69, 9.17) is 4.74 Å². The molecule has 2 heterocycles. The Morgan fingerprint density at radius 1 is 0.939 bits per heavy atom. The summed E-state index contributed by atoms with van der Waals surface area (Å²) in [5, 5.41) is 0. The van der Waals surface area contributed by atoms with Gasteiger partial charge in [-0.05, 0) is 73.7 Å². The second-order valence-electron chi connectivity index (χ2n) is 8.52. The average Bonchev–Trinajstić information content (AvgIpc) is 3.18. The Bertz CT molecular complexity index is 1290. The van der Waals surface area contributed by atoms with Crippen molar-refractivity contribution in [3.63, 3.8) is 0 Å². The van der Waals surface area contributed by atoms with Crippen molar-refractivity contribution in [1.29, 1.82) is 0 Å². The third-order valence-electron chi connectivity index (χ3n) is 6.32. The van der Waals surface area contributed by atoms with E-state index in [2.05, 4.69) is 0 Å². The summed E-state index contributed by atoms with van der Waals surface area (Å²) < 4.78 is 33.8. The fraction of sp³-hybridized carbons (Fsp3) is 0.269. The summed E-state index contributed by atoms with van der Waals surface area (Å²) in [5.74, 6) is 0.343. The first-order chi connectivity index (χ1) is 15.9. The molecule has 0 saturated heterocycles. The van der Waals surface area contributed by atoms with Crippen molar-refractivity contribution < 1.29 is 17.9 Å². The molecule has 0 saturated carbocycles. The van der Waals surface area contributed by atoms with Gasteiger partial charge < -0.3 is 9.64 Å². The largest absolute Gasteiger partial charge is 0.484 e. The average molecular weight is 463 g/mol. The van der Waals surface area contributed by atoms with Gasteiger partial charge in [0.2, 0.25) is 0 Å². The molecule has 0 radical (unpaired) electrons. The molecule has 2 aliphatic heterocycles. The number of hydrogen-bond donors (Lipinski definition) is 0. The summed E-state index contributed by atoms with van der Waals surface area (Å²) >= 11 is 0. The van der Waals surface area contributed by atoms with Gasteiger partial charge in [0.05, 0.1) is 10.6 Å². The second kappa shape index (κ2) is 8.56. The van der Waals surface area contributed by atoms with Gasteiger partial charge in [-0.1, -0.05) is 36.4 Å². The van der Waals surface area contributed by atoms with Crippen molar-refractivity contribution in [2.45, 2.75) is 37.1 Å². The first kappa shape index (κ1) is 21.5. The third kappa shape index (κ3) is 3.97. The summed E-state index contributed by atoms with van der Waals surface area (Å²) in [4.78, 5) is 14.8. The highest BCUT2D eigenvalue weighted by atomic mass is 32.2. The normalized spacial score (nSPS) is 17.4. The van der Waals surface area contributed by atoms with Gasteiger partial charge in [0.1, 0.15) is 5.75 Å². The van der Waals surface area contributed by atoms with Crippen LogP contribution in [0.3, 0.4) is 0 Å². The number of hydrogen-bond acceptors (Lipinski definition) is 4. The number of ether oxygens (including phenoxy) is 1. The highest BCUT2D eigenvalue weighted by molar-refractivity contribution is 7.92.